The molecule has 0 heterocycles. The van der Waals surface area contributed by atoms with Gasteiger partial charge in [0.15, 0.2) is 5.78 Å². The Morgan fingerprint density at radius 2 is 1.60 bits per heavy atom. The van der Waals surface area contributed by atoms with E-state index in [1.54, 1.807) is 0 Å². The van der Waals surface area contributed by atoms with Gasteiger partial charge in [-0.2, -0.15) is 0 Å². The van der Waals surface area contributed by atoms with Gasteiger partial charge in [0.1, 0.15) is 0 Å². The summed E-state index contributed by atoms with van der Waals surface area (Å²) in [5.74, 6) is 0.713. The lowest BCUT2D eigenvalue weighted by atomic mass is 9.97. The van der Waals surface area contributed by atoms with Crippen molar-refractivity contribution in [3.05, 3.63) is 70.3 Å². The summed E-state index contributed by atoms with van der Waals surface area (Å²) in [6.07, 6.45) is 0.473. The van der Waals surface area contributed by atoms with Gasteiger partial charge in [-0.1, -0.05) is 50.2 Å². The molecule has 0 bridgehead atoms. The lowest BCUT2D eigenvalue weighted by Gasteiger charge is -2.07. The maximum Gasteiger partial charge on any atom is 0.167 e. The summed E-state index contributed by atoms with van der Waals surface area (Å²) in [7, 11) is 0. The predicted molar refractivity (Wildman–Crippen MR) is 84.5 cm³/mol. The quantitative estimate of drug-likeness (QED) is 0.723. The van der Waals surface area contributed by atoms with Gasteiger partial charge in [0.25, 0.3) is 0 Å². The van der Waals surface area contributed by atoms with Crippen molar-refractivity contribution in [2.45, 2.75) is 40.0 Å². The minimum absolute atomic E-state index is 0.186. The van der Waals surface area contributed by atoms with Gasteiger partial charge in [0.05, 0.1) is 0 Å². The van der Waals surface area contributed by atoms with E-state index in [1.807, 2.05) is 25.1 Å². The van der Waals surface area contributed by atoms with E-state index >= 15 is 0 Å². The van der Waals surface area contributed by atoms with E-state index in [9.17, 15) is 4.79 Å². The summed E-state index contributed by atoms with van der Waals surface area (Å²) in [5, 5.41) is 0. The van der Waals surface area contributed by atoms with Crippen LogP contribution < -0.4 is 0 Å². The topological polar surface area (TPSA) is 17.1 Å². The first-order valence-corrected chi connectivity index (χ1v) is 7.16. The SMILES string of the molecule is Cc1ccc(C(=O)Cc2ccc(C(C)C)cc2)cc1C. The summed E-state index contributed by atoms with van der Waals surface area (Å²) in [6, 6.07) is 14.3. The Morgan fingerprint density at radius 1 is 0.950 bits per heavy atom. The predicted octanol–water partition coefficient (Wildman–Crippen LogP) is 4.85. The van der Waals surface area contributed by atoms with Crippen molar-refractivity contribution in [3.63, 3.8) is 0 Å². The van der Waals surface area contributed by atoms with Crippen LogP contribution in [0.3, 0.4) is 0 Å². The summed E-state index contributed by atoms with van der Waals surface area (Å²) in [4.78, 5) is 12.3. The van der Waals surface area contributed by atoms with Crippen LogP contribution in [0.4, 0.5) is 0 Å². The molecule has 0 radical (unpaired) electrons. The smallest absolute Gasteiger partial charge is 0.167 e. The molecule has 2 rings (SSSR count). The molecule has 104 valence electrons. The number of aryl methyl sites for hydroxylation is 2. The summed E-state index contributed by atoms with van der Waals surface area (Å²) >= 11 is 0. The second-order valence-corrected chi connectivity index (χ2v) is 5.80. The van der Waals surface area contributed by atoms with Crippen LogP contribution in [0.2, 0.25) is 0 Å². The van der Waals surface area contributed by atoms with Crippen molar-refractivity contribution in [1.29, 1.82) is 0 Å². The highest BCUT2D eigenvalue weighted by atomic mass is 16.1. The van der Waals surface area contributed by atoms with Crippen LogP contribution in [0.25, 0.3) is 0 Å². The van der Waals surface area contributed by atoms with Crippen molar-refractivity contribution >= 4 is 5.78 Å². The Labute approximate surface area is 121 Å². The Kier molecular flexibility index (Phi) is 4.39. The van der Waals surface area contributed by atoms with Crippen LogP contribution in [-0.4, -0.2) is 5.78 Å². The van der Waals surface area contributed by atoms with Crippen LogP contribution >= 0.6 is 0 Å². The van der Waals surface area contributed by atoms with Gasteiger partial charge in [-0.05, 0) is 48.1 Å². The fourth-order valence-corrected chi connectivity index (χ4v) is 2.22. The average molecular weight is 266 g/mol. The molecule has 0 unspecified atom stereocenters. The van der Waals surface area contributed by atoms with Crippen LogP contribution in [0.15, 0.2) is 42.5 Å². The fourth-order valence-electron chi connectivity index (χ4n) is 2.22. The standard InChI is InChI=1S/C19H22O/c1-13(2)17-9-6-16(7-10-17)12-19(20)18-8-5-14(3)15(4)11-18/h5-11,13H,12H2,1-4H3. The first-order chi connectivity index (χ1) is 9.47. The average Bonchev–Trinajstić information content (AvgIpc) is 2.42. The molecule has 20 heavy (non-hydrogen) atoms. The minimum Gasteiger partial charge on any atom is -0.294 e. The zero-order valence-corrected chi connectivity index (χ0v) is 12.7. The fraction of sp³-hybridized carbons (Fsp3) is 0.316. The Morgan fingerprint density at radius 3 is 2.15 bits per heavy atom. The number of hydrogen-bond donors (Lipinski definition) is 0. The van der Waals surface area contributed by atoms with Gasteiger partial charge in [-0.3, -0.25) is 4.79 Å². The maximum absolute atomic E-state index is 12.3. The van der Waals surface area contributed by atoms with E-state index < -0.39 is 0 Å². The third-order valence-corrected chi connectivity index (χ3v) is 3.84. The molecule has 1 nitrogen and oxygen atoms in total. The first kappa shape index (κ1) is 14.5. The van der Waals surface area contributed by atoms with E-state index in [4.69, 9.17) is 0 Å². The largest absolute Gasteiger partial charge is 0.294 e. The number of hydrogen-bond acceptors (Lipinski definition) is 1. The molecule has 0 atom stereocenters. The van der Waals surface area contributed by atoms with Crippen molar-refractivity contribution in [1.82, 2.24) is 0 Å². The number of benzene rings is 2. The molecule has 0 saturated carbocycles. The van der Waals surface area contributed by atoms with Crippen LogP contribution in [0.1, 0.15) is 52.4 Å². The molecular formula is C19H22O. The zero-order chi connectivity index (χ0) is 14.7. The second-order valence-electron chi connectivity index (χ2n) is 5.80. The van der Waals surface area contributed by atoms with Crippen molar-refractivity contribution < 1.29 is 4.79 Å². The van der Waals surface area contributed by atoms with Crippen LogP contribution in [0.5, 0.6) is 0 Å². The molecule has 2 aromatic rings. The van der Waals surface area contributed by atoms with Gasteiger partial charge in [0, 0.05) is 12.0 Å². The Bertz CT molecular complexity index is 606. The van der Waals surface area contributed by atoms with Gasteiger partial charge >= 0.3 is 0 Å². The monoisotopic (exact) mass is 266 g/mol. The van der Waals surface area contributed by atoms with Crippen LogP contribution in [0, 0.1) is 13.8 Å². The normalized spacial score (nSPS) is 10.8. The summed E-state index contributed by atoms with van der Waals surface area (Å²) in [5.41, 5.74) is 5.60. The maximum atomic E-state index is 12.3. The highest BCUT2D eigenvalue weighted by molar-refractivity contribution is 5.97. The van der Waals surface area contributed by atoms with E-state index in [2.05, 4.69) is 45.0 Å². The highest BCUT2D eigenvalue weighted by Crippen LogP contribution is 2.17. The summed E-state index contributed by atoms with van der Waals surface area (Å²) < 4.78 is 0. The van der Waals surface area contributed by atoms with Crippen molar-refractivity contribution in [2.75, 3.05) is 0 Å². The molecule has 2 aromatic carbocycles. The molecule has 0 aromatic heterocycles. The Balaban J connectivity index is 2.12. The number of ketones is 1. The third-order valence-electron chi connectivity index (χ3n) is 3.84. The molecule has 0 saturated heterocycles. The Hall–Kier alpha value is -1.89. The molecule has 0 N–H and O–H groups in total. The van der Waals surface area contributed by atoms with Gasteiger partial charge in [-0.15, -0.1) is 0 Å². The molecule has 0 spiro atoms. The van der Waals surface area contributed by atoms with Crippen molar-refractivity contribution in [3.8, 4) is 0 Å². The molecule has 0 amide bonds. The van der Waals surface area contributed by atoms with Gasteiger partial charge < -0.3 is 0 Å². The van der Waals surface area contributed by atoms with Gasteiger partial charge in [0.2, 0.25) is 0 Å². The molecule has 0 aliphatic heterocycles. The van der Waals surface area contributed by atoms with Crippen LogP contribution in [-0.2, 0) is 6.42 Å². The lowest BCUT2D eigenvalue weighted by Crippen LogP contribution is -2.04. The van der Waals surface area contributed by atoms with E-state index in [-0.39, 0.29) is 5.78 Å². The van der Waals surface area contributed by atoms with E-state index in [0.29, 0.717) is 12.3 Å². The molecular weight excluding hydrogens is 244 g/mol. The molecule has 0 fully saturated rings. The van der Waals surface area contributed by atoms with Gasteiger partial charge in [-0.25, -0.2) is 0 Å². The third kappa shape index (κ3) is 3.36. The van der Waals surface area contributed by atoms with E-state index in [0.717, 1.165) is 11.1 Å². The number of carbonyl (C=O) groups is 1. The first-order valence-electron chi connectivity index (χ1n) is 7.16. The second kappa shape index (κ2) is 6.04. The number of Topliss-reactive ketones (excluding diaryl/α,β-unsaturated/α-hetero) is 1. The summed E-state index contributed by atoms with van der Waals surface area (Å²) in [6.45, 7) is 8.46. The zero-order valence-electron chi connectivity index (χ0n) is 12.7. The van der Waals surface area contributed by atoms with E-state index in [1.165, 1.54) is 16.7 Å². The molecule has 1 heteroatoms. The highest BCUT2D eigenvalue weighted by Gasteiger charge is 2.08. The molecule has 0 aliphatic rings. The number of carbonyl (C=O) groups excluding carboxylic acids is 1. The number of rotatable bonds is 4. The van der Waals surface area contributed by atoms with Crippen molar-refractivity contribution in [2.24, 2.45) is 0 Å². The lowest BCUT2D eigenvalue weighted by molar-refractivity contribution is 0.0993. The molecule has 0 aliphatic carbocycles. The minimum atomic E-state index is 0.186.